The Kier molecular flexibility index (Phi) is 10.7. The van der Waals surface area contributed by atoms with Gasteiger partial charge in [0.15, 0.2) is 0 Å². The Morgan fingerprint density at radius 2 is 1.84 bits per heavy atom. The molecule has 0 radical (unpaired) electrons. The summed E-state index contributed by atoms with van der Waals surface area (Å²) in [5, 5.41) is 4.11. The fourth-order valence-electron chi connectivity index (χ4n) is 2.98. The van der Waals surface area contributed by atoms with E-state index in [1.807, 2.05) is 37.3 Å². The number of hydrogen-bond donors (Lipinski definition) is 1. The van der Waals surface area contributed by atoms with Crippen LogP contribution in [0.3, 0.4) is 0 Å². The van der Waals surface area contributed by atoms with Crippen LogP contribution in [0.15, 0.2) is 42.5 Å². The third kappa shape index (κ3) is 8.40. The van der Waals surface area contributed by atoms with Crippen LogP contribution < -0.4 is 5.32 Å². The number of nitrogens with zero attached hydrogens (tertiary/aromatic N) is 1. The molecule has 0 bridgehead atoms. The molecule has 1 N–H and O–H groups in total. The van der Waals surface area contributed by atoms with Gasteiger partial charge in [0.2, 0.25) is 11.8 Å². The molecule has 0 aromatic heterocycles. The summed E-state index contributed by atoms with van der Waals surface area (Å²) in [7, 11) is 0. The van der Waals surface area contributed by atoms with E-state index in [9.17, 15) is 9.59 Å². The van der Waals surface area contributed by atoms with E-state index in [0.29, 0.717) is 28.9 Å². The highest BCUT2D eigenvalue weighted by molar-refractivity contribution is 7.99. The Morgan fingerprint density at radius 1 is 1.13 bits per heavy atom. The van der Waals surface area contributed by atoms with Crippen molar-refractivity contribution in [2.45, 2.75) is 52.0 Å². The maximum Gasteiger partial charge on any atom is 0.242 e. The summed E-state index contributed by atoms with van der Waals surface area (Å²) >= 11 is 13.7. The van der Waals surface area contributed by atoms with Gasteiger partial charge in [-0.05, 0) is 43.5 Å². The van der Waals surface area contributed by atoms with Crippen LogP contribution in [0, 0.1) is 6.92 Å². The van der Waals surface area contributed by atoms with E-state index < -0.39 is 6.04 Å². The summed E-state index contributed by atoms with van der Waals surface area (Å²) in [5.41, 5.74) is 3.08. The van der Waals surface area contributed by atoms with Gasteiger partial charge in [-0.2, -0.15) is 0 Å². The van der Waals surface area contributed by atoms with Gasteiger partial charge in [0, 0.05) is 28.9 Å². The van der Waals surface area contributed by atoms with Crippen molar-refractivity contribution in [2.75, 3.05) is 12.3 Å². The standard InChI is InChI=1S/C24H30Cl2N2O2S/c1-4-5-12-27-24(30)18(3)28(14-19-8-6-17(2)7-9-19)23(29)16-31-15-20-10-11-21(25)13-22(20)26/h6-11,13,18H,4-5,12,14-16H2,1-3H3,(H,27,30). The first-order chi connectivity index (χ1) is 14.8. The molecule has 2 aromatic rings. The molecule has 168 valence electrons. The van der Waals surface area contributed by atoms with Crippen LogP contribution in [0.1, 0.15) is 43.4 Å². The van der Waals surface area contributed by atoms with Gasteiger partial charge < -0.3 is 10.2 Å². The zero-order valence-electron chi connectivity index (χ0n) is 18.3. The Bertz CT molecular complexity index is 874. The third-order valence-corrected chi connectivity index (χ3v) is 6.52. The summed E-state index contributed by atoms with van der Waals surface area (Å²) in [5.74, 6) is 0.655. The van der Waals surface area contributed by atoms with E-state index in [4.69, 9.17) is 23.2 Å². The summed E-state index contributed by atoms with van der Waals surface area (Å²) in [6.45, 7) is 6.90. The number of nitrogens with one attached hydrogen (secondary N) is 1. The highest BCUT2D eigenvalue weighted by atomic mass is 35.5. The monoisotopic (exact) mass is 480 g/mol. The van der Waals surface area contributed by atoms with Gasteiger partial charge in [0.25, 0.3) is 0 Å². The van der Waals surface area contributed by atoms with E-state index in [-0.39, 0.29) is 17.6 Å². The zero-order chi connectivity index (χ0) is 22.8. The Labute approximate surface area is 199 Å². The number of hydrogen-bond acceptors (Lipinski definition) is 3. The molecule has 4 nitrogen and oxygen atoms in total. The normalized spacial score (nSPS) is 11.8. The summed E-state index contributed by atoms with van der Waals surface area (Å²) in [4.78, 5) is 27.4. The van der Waals surface area contributed by atoms with Crippen molar-refractivity contribution in [3.63, 3.8) is 0 Å². The molecule has 0 spiro atoms. The minimum Gasteiger partial charge on any atom is -0.354 e. The molecule has 2 rings (SSSR count). The number of thioether (sulfide) groups is 1. The SMILES string of the molecule is CCCCNC(=O)C(C)N(Cc1ccc(C)cc1)C(=O)CSCc1ccc(Cl)cc1Cl. The minimum absolute atomic E-state index is 0.0752. The lowest BCUT2D eigenvalue weighted by Crippen LogP contribution is -2.48. The molecule has 0 aliphatic carbocycles. The van der Waals surface area contributed by atoms with Gasteiger partial charge in [0.05, 0.1) is 5.75 Å². The number of carbonyl (C=O) groups is 2. The lowest BCUT2D eigenvalue weighted by Gasteiger charge is -2.29. The maximum atomic E-state index is 13.1. The largest absolute Gasteiger partial charge is 0.354 e. The van der Waals surface area contributed by atoms with Gasteiger partial charge in [-0.1, -0.05) is 72.4 Å². The molecule has 0 fully saturated rings. The second-order valence-electron chi connectivity index (χ2n) is 7.56. The summed E-state index contributed by atoms with van der Waals surface area (Å²) < 4.78 is 0. The first-order valence-electron chi connectivity index (χ1n) is 10.5. The number of aryl methyl sites for hydroxylation is 1. The van der Waals surface area contributed by atoms with E-state index in [0.717, 1.165) is 29.5 Å². The quantitative estimate of drug-likeness (QED) is 0.409. The Hall–Kier alpha value is -1.69. The van der Waals surface area contributed by atoms with Crippen molar-refractivity contribution < 1.29 is 9.59 Å². The van der Waals surface area contributed by atoms with Gasteiger partial charge in [-0.3, -0.25) is 9.59 Å². The molecule has 0 heterocycles. The average Bonchev–Trinajstić information content (AvgIpc) is 2.74. The molecular formula is C24H30Cl2N2O2S. The molecule has 2 amide bonds. The van der Waals surface area contributed by atoms with Crippen molar-refractivity contribution in [3.8, 4) is 0 Å². The molecule has 7 heteroatoms. The Balaban J connectivity index is 2.05. The van der Waals surface area contributed by atoms with E-state index in [1.54, 1.807) is 24.0 Å². The average molecular weight is 481 g/mol. The molecule has 0 aliphatic rings. The highest BCUT2D eigenvalue weighted by Crippen LogP contribution is 2.25. The lowest BCUT2D eigenvalue weighted by atomic mass is 10.1. The van der Waals surface area contributed by atoms with Crippen molar-refractivity contribution in [3.05, 3.63) is 69.2 Å². The smallest absolute Gasteiger partial charge is 0.242 e. The van der Waals surface area contributed by atoms with Gasteiger partial charge >= 0.3 is 0 Å². The molecule has 0 aliphatic heterocycles. The van der Waals surface area contributed by atoms with Gasteiger partial charge in [-0.15, -0.1) is 11.8 Å². The van der Waals surface area contributed by atoms with E-state index >= 15 is 0 Å². The number of halogens is 2. The number of unbranched alkanes of at least 4 members (excludes halogenated alkanes) is 1. The molecule has 1 atom stereocenters. The van der Waals surface area contributed by atoms with Crippen molar-refractivity contribution >= 4 is 46.8 Å². The molecule has 2 aromatic carbocycles. The fraction of sp³-hybridized carbons (Fsp3) is 0.417. The van der Waals surface area contributed by atoms with Crippen molar-refractivity contribution in [2.24, 2.45) is 0 Å². The van der Waals surface area contributed by atoms with Gasteiger partial charge in [0.1, 0.15) is 6.04 Å². The van der Waals surface area contributed by atoms with Crippen LogP contribution in [0.2, 0.25) is 10.0 Å². The number of amides is 2. The number of rotatable bonds is 11. The van der Waals surface area contributed by atoms with Crippen LogP contribution in [-0.2, 0) is 21.9 Å². The predicted octanol–water partition coefficient (Wildman–Crippen LogP) is 5.87. The van der Waals surface area contributed by atoms with E-state index in [2.05, 4.69) is 12.2 Å². The van der Waals surface area contributed by atoms with Crippen LogP contribution in [0.4, 0.5) is 0 Å². The van der Waals surface area contributed by atoms with Gasteiger partial charge in [-0.25, -0.2) is 0 Å². The Morgan fingerprint density at radius 3 is 2.48 bits per heavy atom. The first kappa shape index (κ1) is 25.6. The van der Waals surface area contributed by atoms with Crippen LogP contribution in [0.25, 0.3) is 0 Å². The maximum absolute atomic E-state index is 13.1. The molecular weight excluding hydrogens is 451 g/mol. The second kappa shape index (κ2) is 13.0. The minimum atomic E-state index is -0.551. The van der Waals surface area contributed by atoms with Crippen LogP contribution in [-0.4, -0.2) is 35.1 Å². The van der Waals surface area contributed by atoms with E-state index in [1.165, 1.54) is 11.8 Å². The summed E-state index contributed by atoms with van der Waals surface area (Å²) in [6.07, 6.45) is 1.92. The topological polar surface area (TPSA) is 49.4 Å². The zero-order valence-corrected chi connectivity index (χ0v) is 20.6. The third-order valence-electron chi connectivity index (χ3n) is 4.97. The molecule has 0 saturated heterocycles. The lowest BCUT2D eigenvalue weighted by molar-refractivity contribution is -0.138. The van der Waals surface area contributed by atoms with Crippen LogP contribution in [0.5, 0.6) is 0 Å². The molecule has 1 unspecified atom stereocenters. The fourth-order valence-corrected chi connectivity index (χ4v) is 4.45. The number of carbonyl (C=O) groups excluding carboxylic acids is 2. The van der Waals surface area contributed by atoms with Crippen LogP contribution >= 0.6 is 35.0 Å². The predicted molar refractivity (Wildman–Crippen MR) is 132 cm³/mol. The second-order valence-corrected chi connectivity index (χ2v) is 9.39. The molecule has 31 heavy (non-hydrogen) atoms. The molecule has 0 saturated carbocycles. The number of benzene rings is 2. The first-order valence-corrected chi connectivity index (χ1v) is 12.4. The van der Waals surface area contributed by atoms with Crippen molar-refractivity contribution in [1.82, 2.24) is 10.2 Å². The van der Waals surface area contributed by atoms with Crippen molar-refractivity contribution in [1.29, 1.82) is 0 Å². The highest BCUT2D eigenvalue weighted by Gasteiger charge is 2.25. The summed E-state index contributed by atoms with van der Waals surface area (Å²) in [6, 6.07) is 12.8.